The van der Waals surface area contributed by atoms with E-state index in [1.165, 1.54) is 6.20 Å². The van der Waals surface area contributed by atoms with E-state index in [-0.39, 0.29) is 23.8 Å². The van der Waals surface area contributed by atoms with Crippen LogP contribution in [0.2, 0.25) is 0 Å². The molecule has 1 aromatic rings. The van der Waals surface area contributed by atoms with Crippen molar-refractivity contribution >= 4 is 17.6 Å². The summed E-state index contributed by atoms with van der Waals surface area (Å²) in [5.41, 5.74) is 12.2. The van der Waals surface area contributed by atoms with Crippen molar-refractivity contribution in [1.29, 1.82) is 0 Å². The van der Waals surface area contributed by atoms with Gasteiger partial charge in [-0.3, -0.25) is 9.59 Å². The number of hydrogen-bond donors (Lipinski definition) is 2. The first kappa shape index (κ1) is 17.7. The summed E-state index contributed by atoms with van der Waals surface area (Å²) in [5.74, 6) is 0.775. The maximum Gasteiger partial charge on any atom is 0.255 e. The average molecular weight is 345 g/mol. The van der Waals surface area contributed by atoms with Crippen molar-refractivity contribution in [3.8, 4) is 0 Å². The predicted octanol–water partition coefficient (Wildman–Crippen LogP) is 0.710. The Hall–Kier alpha value is -2.15. The van der Waals surface area contributed by atoms with E-state index in [4.69, 9.17) is 11.5 Å². The molecule has 0 spiro atoms. The molecule has 7 nitrogen and oxygen atoms in total. The van der Waals surface area contributed by atoms with Gasteiger partial charge in [0, 0.05) is 25.8 Å². The average Bonchev–Trinajstić information content (AvgIpc) is 3.04. The third-order valence-corrected chi connectivity index (χ3v) is 5.39. The topological polar surface area (TPSA) is 106 Å². The van der Waals surface area contributed by atoms with Crippen LogP contribution in [0.4, 0.5) is 5.82 Å². The SMILES string of the molecule is CC(C)C(N)C(=O)N1CCCC2CN(C(=O)c3ccc(N)nc3)CC21. The Bertz CT molecular complexity index is 645. The van der Waals surface area contributed by atoms with E-state index in [0.717, 1.165) is 19.4 Å². The number of anilines is 1. The highest BCUT2D eigenvalue weighted by Gasteiger charge is 2.43. The van der Waals surface area contributed by atoms with Crippen LogP contribution in [0.5, 0.6) is 0 Å². The van der Waals surface area contributed by atoms with E-state index in [1.54, 1.807) is 12.1 Å². The summed E-state index contributed by atoms with van der Waals surface area (Å²) in [6, 6.07) is 2.92. The highest BCUT2D eigenvalue weighted by atomic mass is 16.2. The molecule has 4 N–H and O–H groups in total. The number of nitrogen functional groups attached to an aromatic ring is 1. The second kappa shape index (κ2) is 7.00. The molecule has 1 aromatic heterocycles. The number of pyridine rings is 1. The predicted molar refractivity (Wildman–Crippen MR) is 95.6 cm³/mol. The molecule has 3 rings (SSSR count). The lowest BCUT2D eigenvalue weighted by molar-refractivity contribution is -0.137. The van der Waals surface area contributed by atoms with Crippen LogP contribution >= 0.6 is 0 Å². The van der Waals surface area contributed by atoms with Gasteiger partial charge in [0.05, 0.1) is 17.6 Å². The van der Waals surface area contributed by atoms with Crippen molar-refractivity contribution in [3.05, 3.63) is 23.9 Å². The molecule has 3 heterocycles. The zero-order valence-corrected chi connectivity index (χ0v) is 14.9. The molecular weight excluding hydrogens is 318 g/mol. The van der Waals surface area contributed by atoms with Crippen LogP contribution < -0.4 is 11.5 Å². The van der Waals surface area contributed by atoms with Crippen molar-refractivity contribution in [2.45, 2.75) is 38.8 Å². The highest BCUT2D eigenvalue weighted by molar-refractivity contribution is 5.94. The van der Waals surface area contributed by atoms with Gasteiger partial charge in [0.1, 0.15) is 5.82 Å². The number of aromatic nitrogens is 1. The molecule has 136 valence electrons. The standard InChI is InChI=1S/C18H27N5O2/c1-11(2)16(20)18(25)23-7-3-4-13-9-22(10-14(13)23)17(24)12-5-6-15(19)21-8-12/h5-6,8,11,13-14,16H,3-4,7,9-10,20H2,1-2H3,(H2,19,21). The number of nitrogens with two attached hydrogens (primary N) is 2. The number of nitrogens with zero attached hydrogens (tertiary/aromatic N) is 3. The van der Waals surface area contributed by atoms with Crippen LogP contribution in [0, 0.1) is 11.8 Å². The van der Waals surface area contributed by atoms with E-state index in [1.807, 2.05) is 23.6 Å². The van der Waals surface area contributed by atoms with Gasteiger partial charge in [0.2, 0.25) is 5.91 Å². The van der Waals surface area contributed by atoms with Gasteiger partial charge < -0.3 is 21.3 Å². The fraction of sp³-hybridized carbons (Fsp3) is 0.611. The van der Waals surface area contributed by atoms with E-state index in [9.17, 15) is 9.59 Å². The van der Waals surface area contributed by atoms with Gasteiger partial charge in [-0.25, -0.2) is 4.98 Å². The fourth-order valence-corrected chi connectivity index (χ4v) is 3.81. The summed E-state index contributed by atoms with van der Waals surface area (Å²) in [4.78, 5) is 33.2. The maximum atomic E-state index is 12.7. The number of amides is 2. The highest BCUT2D eigenvalue weighted by Crippen LogP contribution is 2.32. The fourth-order valence-electron chi connectivity index (χ4n) is 3.81. The van der Waals surface area contributed by atoms with Gasteiger partial charge in [-0.15, -0.1) is 0 Å². The molecule has 3 unspecified atom stereocenters. The first-order valence-corrected chi connectivity index (χ1v) is 8.95. The lowest BCUT2D eigenvalue weighted by Crippen LogP contribution is -2.55. The van der Waals surface area contributed by atoms with Crippen LogP contribution in [0.1, 0.15) is 37.0 Å². The largest absolute Gasteiger partial charge is 0.384 e. The lowest BCUT2D eigenvalue weighted by atomic mass is 9.90. The van der Waals surface area contributed by atoms with Gasteiger partial charge in [-0.05, 0) is 36.8 Å². The first-order valence-electron chi connectivity index (χ1n) is 8.95. The minimum Gasteiger partial charge on any atom is -0.384 e. The molecule has 0 radical (unpaired) electrons. The molecular formula is C18H27N5O2. The molecule has 2 aliphatic heterocycles. The smallest absolute Gasteiger partial charge is 0.255 e. The molecule has 2 fully saturated rings. The Kier molecular flexibility index (Phi) is 4.94. The summed E-state index contributed by atoms with van der Waals surface area (Å²) in [7, 11) is 0. The van der Waals surface area contributed by atoms with Crippen molar-refractivity contribution in [2.75, 3.05) is 25.4 Å². The zero-order chi connectivity index (χ0) is 18.1. The van der Waals surface area contributed by atoms with Crippen molar-refractivity contribution in [3.63, 3.8) is 0 Å². The third kappa shape index (κ3) is 3.46. The Labute approximate surface area is 148 Å². The maximum absolute atomic E-state index is 12.7. The van der Waals surface area contributed by atoms with E-state index in [2.05, 4.69) is 4.98 Å². The van der Waals surface area contributed by atoms with Crippen molar-refractivity contribution in [2.24, 2.45) is 17.6 Å². The van der Waals surface area contributed by atoms with Crippen LogP contribution in [-0.4, -0.2) is 58.3 Å². The number of rotatable bonds is 3. The normalized spacial score (nSPS) is 24.3. The van der Waals surface area contributed by atoms with Gasteiger partial charge in [0.25, 0.3) is 5.91 Å². The molecule has 0 saturated carbocycles. The summed E-state index contributed by atoms with van der Waals surface area (Å²) in [6.45, 7) is 5.88. The van der Waals surface area contributed by atoms with Crippen LogP contribution in [0.3, 0.4) is 0 Å². The number of fused-ring (bicyclic) bond motifs is 1. The molecule has 3 atom stereocenters. The Morgan fingerprint density at radius 2 is 2.04 bits per heavy atom. The zero-order valence-electron chi connectivity index (χ0n) is 14.9. The van der Waals surface area contributed by atoms with E-state index in [0.29, 0.717) is 30.4 Å². The van der Waals surface area contributed by atoms with Crippen molar-refractivity contribution < 1.29 is 9.59 Å². The van der Waals surface area contributed by atoms with Gasteiger partial charge in [0.15, 0.2) is 0 Å². The summed E-state index contributed by atoms with van der Waals surface area (Å²) in [6.07, 6.45) is 3.51. The minimum absolute atomic E-state index is 0.00755. The van der Waals surface area contributed by atoms with Crippen LogP contribution in [-0.2, 0) is 4.79 Å². The van der Waals surface area contributed by atoms with E-state index >= 15 is 0 Å². The first-order chi connectivity index (χ1) is 11.9. The Morgan fingerprint density at radius 3 is 2.68 bits per heavy atom. The molecule has 0 aromatic carbocycles. The van der Waals surface area contributed by atoms with E-state index < -0.39 is 6.04 Å². The summed E-state index contributed by atoms with van der Waals surface area (Å²) in [5, 5.41) is 0. The Balaban J connectivity index is 1.73. The number of carbonyl (C=O) groups is 2. The third-order valence-electron chi connectivity index (χ3n) is 5.39. The van der Waals surface area contributed by atoms with Gasteiger partial charge in [-0.1, -0.05) is 13.8 Å². The second-order valence-electron chi connectivity index (χ2n) is 7.45. The monoisotopic (exact) mass is 345 g/mol. The molecule has 25 heavy (non-hydrogen) atoms. The second-order valence-corrected chi connectivity index (χ2v) is 7.45. The molecule has 2 saturated heterocycles. The van der Waals surface area contributed by atoms with Crippen LogP contribution in [0.15, 0.2) is 18.3 Å². The minimum atomic E-state index is -0.482. The summed E-state index contributed by atoms with van der Waals surface area (Å²) >= 11 is 0. The molecule has 0 aliphatic carbocycles. The molecule has 2 amide bonds. The van der Waals surface area contributed by atoms with Crippen molar-refractivity contribution in [1.82, 2.24) is 14.8 Å². The number of piperidine rings is 1. The Morgan fingerprint density at radius 1 is 1.28 bits per heavy atom. The quantitative estimate of drug-likeness (QED) is 0.839. The summed E-state index contributed by atoms with van der Waals surface area (Å²) < 4.78 is 0. The number of likely N-dealkylation sites (tertiary alicyclic amines) is 2. The lowest BCUT2D eigenvalue weighted by Gasteiger charge is -2.38. The number of carbonyl (C=O) groups excluding carboxylic acids is 2. The molecule has 2 aliphatic rings. The van der Waals surface area contributed by atoms with Crippen LogP contribution in [0.25, 0.3) is 0 Å². The molecule has 7 heteroatoms. The number of hydrogen-bond acceptors (Lipinski definition) is 5. The molecule has 0 bridgehead atoms. The van der Waals surface area contributed by atoms with Gasteiger partial charge >= 0.3 is 0 Å². The van der Waals surface area contributed by atoms with Gasteiger partial charge in [-0.2, -0.15) is 0 Å².